The van der Waals surface area contributed by atoms with E-state index in [0.29, 0.717) is 5.33 Å². The highest BCUT2D eigenvalue weighted by molar-refractivity contribution is 9.10. The average Bonchev–Trinajstić information content (AvgIpc) is 2.27. The largest absolute Gasteiger partial charge is 0.293 e. The molecule has 0 bridgehead atoms. The number of ketones is 1. The molecule has 0 aliphatic rings. The molecule has 0 aliphatic carbocycles. The maximum absolute atomic E-state index is 11.7. The van der Waals surface area contributed by atoms with Gasteiger partial charge in [0.2, 0.25) is 0 Å². The van der Waals surface area contributed by atoms with Crippen molar-refractivity contribution in [3.63, 3.8) is 0 Å². The molecule has 2 rings (SSSR count). The summed E-state index contributed by atoms with van der Waals surface area (Å²) in [5.74, 6) is 0.110. The fraction of sp³-hybridized carbons (Fsp3) is 0.0833. The van der Waals surface area contributed by atoms with Gasteiger partial charge in [-0.1, -0.05) is 56.1 Å². The molecule has 0 fully saturated rings. The number of rotatable bonds is 2. The van der Waals surface area contributed by atoms with Crippen molar-refractivity contribution < 1.29 is 4.79 Å². The van der Waals surface area contributed by atoms with E-state index >= 15 is 0 Å². The lowest BCUT2D eigenvalue weighted by Gasteiger charge is -2.04. The molecule has 2 aromatic rings. The van der Waals surface area contributed by atoms with Crippen molar-refractivity contribution in [2.75, 3.05) is 5.33 Å². The molecule has 0 aromatic heterocycles. The van der Waals surface area contributed by atoms with Crippen LogP contribution in [0.15, 0.2) is 40.9 Å². The number of fused-ring (bicyclic) bond motifs is 1. The summed E-state index contributed by atoms with van der Waals surface area (Å²) in [7, 11) is 0. The molecule has 0 atom stereocenters. The maximum Gasteiger partial charge on any atom is 0.173 e. The second-order valence-electron chi connectivity index (χ2n) is 3.23. The fourth-order valence-electron chi connectivity index (χ4n) is 1.56. The summed E-state index contributed by atoms with van der Waals surface area (Å²) in [4.78, 5) is 11.7. The highest BCUT2D eigenvalue weighted by atomic mass is 79.9. The number of hydrogen-bond donors (Lipinski definition) is 0. The maximum atomic E-state index is 11.7. The molecule has 2 aromatic carbocycles. The van der Waals surface area contributed by atoms with Crippen LogP contribution in [0, 0.1) is 0 Å². The monoisotopic (exact) mass is 326 g/mol. The van der Waals surface area contributed by atoms with E-state index in [1.165, 1.54) is 0 Å². The molecule has 76 valence electrons. The Hall–Kier alpha value is -0.670. The van der Waals surface area contributed by atoms with Crippen LogP contribution < -0.4 is 0 Å². The Morgan fingerprint density at radius 2 is 2.00 bits per heavy atom. The van der Waals surface area contributed by atoms with Crippen LogP contribution in [0.2, 0.25) is 0 Å². The molecule has 0 radical (unpaired) electrons. The molecule has 0 unspecified atom stereocenters. The molecule has 0 amide bonds. The quantitative estimate of drug-likeness (QED) is 0.597. The van der Waals surface area contributed by atoms with Crippen LogP contribution in [-0.4, -0.2) is 11.1 Å². The summed E-state index contributed by atoms with van der Waals surface area (Å²) < 4.78 is 0.991. The van der Waals surface area contributed by atoms with Gasteiger partial charge in [-0.25, -0.2) is 0 Å². The Morgan fingerprint density at radius 1 is 1.20 bits per heavy atom. The number of halogens is 2. The van der Waals surface area contributed by atoms with Gasteiger partial charge in [0.1, 0.15) is 0 Å². The minimum atomic E-state index is 0.110. The van der Waals surface area contributed by atoms with Crippen molar-refractivity contribution in [3.05, 3.63) is 46.4 Å². The van der Waals surface area contributed by atoms with Crippen molar-refractivity contribution in [3.8, 4) is 0 Å². The van der Waals surface area contributed by atoms with Crippen molar-refractivity contribution >= 4 is 48.4 Å². The van der Waals surface area contributed by atoms with Gasteiger partial charge in [-0.05, 0) is 22.9 Å². The minimum absolute atomic E-state index is 0.110. The molecule has 1 nitrogen and oxygen atoms in total. The number of alkyl halides is 1. The lowest BCUT2D eigenvalue weighted by molar-refractivity contribution is 0.102. The van der Waals surface area contributed by atoms with Gasteiger partial charge in [-0.2, -0.15) is 0 Å². The third-order valence-corrected chi connectivity index (χ3v) is 3.27. The van der Waals surface area contributed by atoms with E-state index in [2.05, 4.69) is 31.9 Å². The first kappa shape index (κ1) is 10.8. The van der Waals surface area contributed by atoms with Crippen LogP contribution in [0.3, 0.4) is 0 Å². The Balaban J connectivity index is 2.74. The van der Waals surface area contributed by atoms with Gasteiger partial charge in [0.15, 0.2) is 5.78 Å². The zero-order chi connectivity index (χ0) is 10.8. The second kappa shape index (κ2) is 4.45. The van der Waals surface area contributed by atoms with Gasteiger partial charge in [-0.3, -0.25) is 4.79 Å². The standard InChI is InChI=1S/C12H8Br2O/c13-7-12(15)10-3-1-2-8-4-5-9(14)6-11(8)10/h1-6H,7H2. The number of Topliss-reactive ketones (excluding diaryl/α,β-unsaturated/α-hetero) is 1. The van der Waals surface area contributed by atoms with E-state index in [1.807, 2.05) is 36.4 Å². The second-order valence-corrected chi connectivity index (χ2v) is 4.70. The zero-order valence-electron chi connectivity index (χ0n) is 7.84. The van der Waals surface area contributed by atoms with E-state index in [-0.39, 0.29) is 5.78 Å². The molecule has 0 heterocycles. The first-order valence-electron chi connectivity index (χ1n) is 4.50. The fourth-order valence-corrected chi connectivity index (χ4v) is 2.22. The Bertz CT molecular complexity index is 520. The first-order valence-corrected chi connectivity index (χ1v) is 6.41. The van der Waals surface area contributed by atoms with Gasteiger partial charge >= 0.3 is 0 Å². The van der Waals surface area contributed by atoms with Crippen molar-refractivity contribution in [2.45, 2.75) is 0 Å². The van der Waals surface area contributed by atoms with Crippen molar-refractivity contribution in [2.24, 2.45) is 0 Å². The first-order chi connectivity index (χ1) is 7.22. The lowest BCUT2D eigenvalue weighted by Crippen LogP contribution is -2.00. The third kappa shape index (κ3) is 2.13. The molecule has 0 spiro atoms. The Kier molecular flexibility index (Phi) is 3.22. The number of carbonyl (C=O) groups excluding carboxylic acids is 1. The SMILES string of the molecule is O=C(CBr)c1cccc2ccc(Br)cc12. The molecule has 15 heavy (non-hydrogen) atoms. The average molecular weight is 328 g/mol. The lowest BCUT2D eigenvalue weighted by atomic mass is 10.0. The predicted octanol–water partition coefficient (Wildman–Crippen LogP) is 4.18. The van der Waals surface area contributed by atoms with E-state index in [9.17, 15) is 4.79 Å². The highest BCUT2D eigenvalue weighted by Gasteiger charge is 2.08. The van der Waals surface area contributed by atoms with E-state index in [0.717, 1.165) is 20.8 Å². The molecule has 0 saturated carbocycles. The van der Waals surface area contributed by atoms with Crippen molar-refractivity contribution in [1.29, 1.82) is 0 Å². The number of carbonyl (C=O) groups is 1. The zero-order valence-corrected chi connectivity index (χ0v) is 11.0. The summed E-state index contributed by atoms with van der Waals surface area (Å²) in [6, 6.07) is 11.7. The van der Waals surface area contributed by atoms with E-state index < -0.39 is 0 Å². The van der Waals surface area contributed by atoms with Crippen LogP contribution in [0.5, 0.6) is 0 Å². The van der Waals surface area contributed by atoms with E-state index in [4.69, 9.17) is 0 Å². The van der Waals surface area contributed by atoms with Crippen LogP contribution in [0.4, 0.5) is 0 Å². The van der Waals surface area contributed by atoms with E-state index in [1.54, 1.807) is 0 Å². The highest BCUT2D eigenvalue weighted by Crippen LogP contribution is 2.23. The number of benzene rings is 2. The summed E-state index contributed by atoms with van der Waals surface area (Å²) in [6.07, 6.45) is 0. The molecule has 0 aliphatic heterocycles. The molecule has 0 saturated heterocycles. The van der Waals surface area contributed by atoms with Crippen LogP contribution >= 0.6 is 31.9 Å². The predicted molar refractivity (Wildman–Crippen MR) is 69.8 cm³/mol. The van der Waals surface area contributed by atoms with Gasteiger partial charge < -0.3 is 0 Å². The van der Waals surface area contributed by atoms with Gasteiger partial charge in [0.25, 0.3) is 0 Å². The normalized spacial score (nSPS) is 10.5. The third-order valence-electron chi connectivity index (χ3n) is 2.27. The smallest absolute Gasteiger partial charge is 0.173 e. The molecule has 0 N–H and O–H groups in total. The van der Waals surface area contributed by atoms with Crippen LogP contribution in [0.25, 0.3) is 10.8 Å². The van der Waals surface area contributed by atoms with Crippen LogP contribution in [0.1, 0.15) is 10.4 Å². The molecular formula is C12H8Br2O. The number of hydrogen-bond acceptors (Lipinski definition) is 1. The summed E-state index contributed by atoms with van der Waals surface area (Å²) in [6.45, 7) is 0. The summed E-state index contributed by atoms with van der Waals surface area (Å²) >= 11 is 6.61. The Labute approximate surface area is 105 Å². The molecular weight excluding hydrogens is 320 g/mol. The topological polar surface area (TPSA) is 17.1 Å². The van der Waals surface area contributed by atoms with Crippen LogP contribution in [-0.2, 0) is 0 Å². The van der Waals surface area contributed by atoms with Gasteiger partial charge in [0.05, 0.1) is 5.33 Å². The van der Waals surface area contributed by atoms with Gasteiger partial charge in [-0.15, -0.1) is 0 Å². The van der Waals surface area contributed by atoms with Crippen molar-refractivity contribution in [1.82, 2.24) is 0 Å². The van der Waals surface area contributed by atoms with Gasteiger partial charge in [0, 0.05) is 10.0 Å². The molecule has 3 heteroatoms. The summed E-state index contributed by atoms with van der Waals surface area (Å²) in [5, 5.41) is 2.44. The Morgan fingerprint density at radius 3 is 2.73 bits per heavy atom. The summed E-state index contributed by atoms with van der Waals surface area (Å²) in [5.41, 5.74) is 0.769. The minimum Gasteiger partial charge on any atom is -0.293 e.